The first-order valence-corrected chi connectivity index (χ1v) is 10.3. The van der Waals surface area contributed by atoms with Crippen LogP contribution in [0.25, 0.3) is 0 Å². The zero-order valence-electron chi connectivity index (χ0n) is 15.6. The Balaban J connectivity index is 2.00. The summed E-state index contributed by atoms with van der Waals surface area (Å²) in [6.45, 7) is 4.07. The highest BCUT2D eigenvalue weighted by Crippen LogP contribution is 2.22. The highest BCUT2D eigenvalue weighted by molar-refractivity contribution is 7.86. The Bertz CT molecular complexity index is 850. The second kappa shape index (κ2) is 10.1. The second-order valence-corrected chi connectivity index (χ2v) is 7.76. The number of carbonyl (C=O) groups is 1. The van der Waals surface area contributed by atoms with Gasteiger partial charge < -0.3 is 4.74 Å². The molecule has 146 valence electrons. The summed E-state index contributed by atoms with van der Waals surface area (Å²) in [5.74, 6) is 0. The van der Waals surface area contributed by atoms with E-state index in [1.807, 2.05) is 37.3 Å². The van der Waals surface area contributed by atoms with E-state index < -0.39 is 16.2 Å². The molecule has 0 aliphatic carbocycles. The topological polar surface area (TPSA) is 81.7 Å². The number of hydrogen-bond donors (Lipinski definition) is 1. The zero-order chi connectivity index (χ0) is 19.7. The summed E-state index contributed by atoms with van der Waals surface area (Å²) in [4.78, 5) is 12.0. The van der Waals surface area contributed by atoms with E-state index in [9.17, 15) is 13.2 Å². The third-order valence-electron chi connectivity index (χ3n) is 3.93. The molecule has 7 heteroatoms. The van der Waals surface area contributed by atoms with Crippen molar-refractivity contribution >= 4 is 21.9 Å². The van der Waals surface area contributed by atoms with Gasteiger partial charge in [0.25, 0.3) is 10.1 Å². The average Bonchev–Trinajstić information content (AvgIpc) is 2.66. The summed E-state index contributed by atoms with van der Waals surface area (Å²) >= 11 is 0. The molecule has 1 amide bonds. The monoisotopic (exact) mass is 391 g/mol. The number of nitrogens with one attached hydrogen (secondary N) is 1. The van der Waals surface area contributed by atoms with Gasteiger partial charge >= 0.3 is 6.09 Å². The van der Waals surface area contributed by atoms with E-state index in [-0.39, 0.29) is 18.1 Å². The molecule has 0 atom stereocenters. The number of benzene rings is 2. The second-order valence-electron chi connectivity index (χ2n) is 6.15. The third kappa shape index (κ3) is 6.69. The maximum absolute atomic E-state index is 12.3. The van der Waals surface area contributed by atoms with Crippen LogP contribution < -0.4 is 5.32 Å². The van der Waals surface area contributed by atoms with Crippen molar-refractivity contribution < 1.29 is 22.1 Å². The number of carbonyl (C=O) groups excluding carboxylic acids is 1. The fourth-order valence-corrected chi connectivity index (χ4v) is 3.32. The average molecular weight is 391 g/mol. The van der Waals surface area contributed by atoms with Gasteiger partial charge in [-0.15, -0.1) is 0 Å². The molecule has 0 saturated carbocycles. The van der Waals surface area contributed by atoms with Crippen LogP contribution in [0.1, 0.15) is 37.3 Å². The van der Waals surface area contributed by atoms with Crippen molar-refractivity contribution in [1.29, 1.82) is 0 Å². The minimum atomic E-state index is -3.86. The lowest BCUT2D eigenvalue weighted by molar-refractivity contribution is 0.155. The van der Waals surface area contributed by atoms with Gasteiger partial charge in [0, 0.05) is 5.69 Å². The lowest BCUT2D eigenvalue weighted by atomic mass is 10.2. The molecule has 0 fully saturated rings. The summed E-state index contributed by atoms with van der Waals surface area (Å²) in [7, 11) is -3.86. The first-order valence-electron chi connectivity index (χ1n) is 8.90. The number of aryl methyl sites for hydroxylation is 1. The van der Waals surface area contributed by atoms with Crippen LogP contribution in [0.4, 0.5) is 10.5 Å². The highest BCUT2D eigenvalue weighted by atomic mass is 32.2. The fraction of sp³-hybridized carbons (Fsp3) is 0.350. The molecule has 0 spiro atoms. The van der Waals surface area contributed by atoms with Crippen LogP contribution in [0.15, 0.2) is 53.4 Å². The molecular formula is C20H25NO5S. The van der Waals surface area contributed by atoms with E-state index in [0.29, 0.717) is 12.1 Å². The number of unbranched alkanes of at least 4 members (excludes halogenated alkanes) is 2. The first-order chi connectivity index (χ1) is 12.9. The molecule has 0 aliphatic rings. The Morgan fingerprint density at radius 3 is 2.52 bits per heavy atom. The van der Waals surface area contributed by atoms with Crippen molar-refractivity contribution in [1.82, 2.24) is 0 Å². The molecule has 2 aromatic rings. The minimum Gasteiger partial charge on any atom is -0.444 e. The van der Waals surface area contributed by atoms with Crippen molar-refractivity contribution in [3.8, 4) is 0 Å². The van der Waals surface area contributed by atoms with Gasteiger partial charge in [-0.25, -0.2) is 4.79 Å². The van der Waals surface area contributed by atoms with E-state index in [1.165, 1.54) is 12.1 Å². The number of ether oxygens (including phenoxy) is 1. The van der Waals surface area contributed by atoms with Gasteiger partial charge in [-0.1, -0.05) is 56.2 Å². The van der Waals surface area contributed by atoms with Crippen LogP contribution in [-0.2, 0) is 25.6 Å². The van der Waals surface area contributed by atoms with Crippen LogP contribution in [-0.4, -0.2) is 21.1 Å². The van der Waals surface area contributed by atoms with Crippen LogP contribution in [0.2, 0.25) is 0 Å². The van der Waals surface area contributed by atoms with Gasteiger partial charge in [-0.3, -0.25) is 9.50 Å². The van der Waals surface area contributed by atoms with Crippen LogP contribution in [0, 0.1) is 6.92 Å². The van der Waals surface area contributed by atoms with Gasteiger partial charge in [0.2, 0.25) is 0 Å². The van der Waals surface area contributed by atoms with Gasteiger partial charge in [-0.05, 0) is 36.6 Å². The van der Waals surface area contributed by atoms with Crippen LogP contribution >= 0.6 is 0 Å². The SMILES string of the molecule is CCCCCOS(=O)(=O)c1ccc(C)c(NC(=O)OCc2ccccc2)c1. The van der Waals surface area contributed by atoms with Crippen molar-refractivity contribution in [2.75, 3.05) is 11.9 Å². The molecule has 0 saturated heterocycles. The smallest absolute Gasteiger partial charge is 0.411 e. The lowest BCUT2D eigenvalue weighted by Gasteiger charge is -2.12. The summed E-state index contributed by atoms with van der Waals surface area (Å²) in [5.41, 5.74) is 1.95. The highest BCUT2D eigenvalue weighted by Gasteiger charge is 2.17. The summed E-state index contributed by atoms with van der Waals surface area (Å²) in [5, 5.41) is 2.59. The van der Waals surface area contributed by atoms with E-state index in [1.54, 1.807) is 13.0 Å². The van der Waals surface area contributed by atoms with Crippen LogP contribution in [0.5, 0.6) is 0 Å². The predicted molar refractivity (Wildman–Crippen MR) is 104 cm³/mol. The summed E-state index contributed by atoms with van der Waals surface area (Å²) in [6.07, 6.45) is 1.91. The van der Waals surface area contributed by atoms with Gasteiger partial charge in [-0.2, -0.15) is 8.42 Å². The molecule has 0 heterocycles. The number of rotatable bonds is 9. The normalized spacial score (nSPS) is 11.2. The molecule has 27 heavy (non-hydrogen) atoms. The third-order valence-corrected chi connectivity index (χ3v) is 5.24. The van der Waals surface area contributed by atoms with E-state index >= 15 is 0 Å². The van der Waals surface area contributed by atoms with E-state index in [0.717, 1.165) is 24.0 Å². The van der Waals surface area contributed by atoms with Gasteiger partial charge in [0.15, 0.2) is 0 Å². The number of amides is 1. The Kier molecular flexibility index (Phi) is 7.82. The van der Waals surface area contributed by atoms with E-state index in [2.05, 4.69) is 5.32 Å². The molecule has 1 N–H and O–H groups in total. The molecule has 2 aromatic carbocycles. The molecular weight excluding hydrogens is 366 g/mol. The summed E-state index contributed by atoms with van der Waals surface area (Å²) < 4.78 is 34.8. The van der Waals surface area contributed by atoms with Crippen molar-refractivity contribution in [2.45, 2.75) is 44.6 Å². The largest absolute Gasteiger partial charge is 0.444 e. The van der Waals surface area contributed by atoms with E-state index in [4.69, 9.17) is 8.92 Å². The van der Waals surface area contributed by atoms with Crippen molar-refractivity contribution in [2.24, 2.45) is 0 Å². The number of anilines is 1. The maximum Gasteiger partial charge on any atom is 0.411 e. The molecule has 6 nitrogen and oxygen atoms in total. The first kappa shape index (κ1) is 20.9. The zero-order valence-corrected chi connectivity index (χ0v) is 16.4. The summed E-state index contributed by atoms with van der Waals surface area (Å²) in [6, 6.07) is 13.8. The molecule has 0 unspecified atom stereocenters. The van der Waals surface area contributed by atoms with Gasteiger partial charge in [0.05, 0.1) is 11.5 Å². The van der Waals surface area contributed by atoms with Crippen molar-refractivity contribution in [3.05, 3.63) is 59.7 Å². The Hall–Kier alpha value is -2.38. The Morgan fingerprint density at radius 1 is 1.07 bits per heavy atom. The standard InChI is InChI=1S/C20H25NO5S/c1-3-4-8-13-26-27(23,24)18-12-11-16(2)19(14-18)21-20(22)25-15-17-9-6-5-7-10-17/h5-7,9-12,14H,3-4,8,13,15H2,1-2H3,(H,21,22). The van der Waals surface area contributed by atoms with Crippen LogP contribution in [0.3, 0.4) is 0 Å². The molecule has 0 bridgehead atoms. The number of hydrogen-bond acceptors (Lipinski definition) is 5. The molecule has 0 aliphatic heterocycles. The Morgan fingerprint density at radius 2 is 1.81 bits per heavy atom. The van der Waals surface area contributed by atoms with Gasteiger partial charge in [0.1, 0.15) is 6.61 Å². The fourth-order valence-electron chi connectivity index (χ4n) is 2.35. The Labute approximate surface area is 160 Å². The minimum absolute atomic E-state index is 0.00274. The quantitative estimate of drug-likeness (QED) is 0.497. The molecule has 0 aromatic heterocycles. The maximum atomic E-state index is 12.3. The molecule has 0 radical (unpaired) electrons. The molecule has 2 rings (SSSR count). The predicted octanol–water partition coefficient (Wildman–Crippen LogP) is 4.64. The van der Waals surface area contributed by atoms with Crippen molar-refractivity contribution in [3.63, 3.8) is 0 Å². The lowest BCUT2D eigenvalue weighted by Crippen LogP contribution is -2.15.